The Morgan fingerprint density at radius 2 is 1.81 bits per heavy atom. The summed E-state index contributed by atoms with van der Waals surface area (Å²) < 4.78 is 15.7. The van der Waals surface area contributed by atoms with E-state index in [2.05, 4.69) is 27.6 Å². The normalized spacial score (nSPS) is 11.1. The molecule has 0 aliphatic rings. The standard InChI is InChI=1S/C18H32N4O3.HI/c1-19-18(20-9-11-22(2)10-6-12-23-3)21-14-15-7-8-16(24-4)17(13-15)25-5;/h7-8,13H,6,9-12,14H2,1-5H3,(H2,19,20,21);1H. The molecule has 8 heteroatoms. The lowest BCUT2D eigenvalue weighted by Crippen LogP contribution is -2.40. The van der Waals surface area contributed by atoms with Crippen LogP contribution < -0.4 is 20.1 Å². The predicted molar refractivity (Wildman–Crippen MR) is 117 cm³/mol. The zero-order valence-corrected chi connectivity index (χ0v) is 18.8. The van der Waals surface area contributed by atoms with Gasteiger partial charge in [-0.3, -0.25) is 4.99 Å². The van der Waals surface area contributed by atoms with Crippen molar-refractivity contribution in [3.63, 3.8) is 0 Å². The second-order valence-electron chi connectivity index (χ2n) is 5.69. The Morgan fingerprint density at radius 3 is 2.42 bits per heavy atom. The van der Waals surface area contributed by atoms with Crippen LogP contribution in [0.4, 0.5) is 0 Å². The number of aliphatic imine (C=N–C) groups is 1. The molecule has 1 rings (SSSR count). The molecule has 0 fully saturated rings. The summed E-state index contributed by atoms with van der Waals surface area (Å²) in [6.07, 6.45) is 1.04. The van der Waals surface area contributed by atoms with E-state index in [1.165, 1.54) is 0 Å². The molecular formula is C18H33IN4O3. The number of likely N-dealkylation sites (N-methyl/N-ethyl adjacent to an activating group) is 1. The maximum absolute atomic E-state index is 5.33. The fraction of sp³-hybridized carbons (Fsp3) is 0.611. The minimum atomic E-state index is 0. The summed E-state index contributed by atoms with van der Waals surface area (Å²) in [6, 6.07) is 5.87. The fourth-order valence-corrected chi connectivity index (χ4v) is 2.35. The van der Waals surface area contributed by atoms with Crippen LogP contribution in [0.1, 0.15) is 12.0 Å². The topological polar surface area (TPSA) is 67.4 Å². The molecule has 0 bridgehead atoms. The quantitative estimate of drug-likeness (QED) is 0.219. The van der Waals surface area contributed by atoms with E-state index in [9.17, 15) is 0 Å². The third kappa shape index (κ3) is 9.44. The number of guanidine groups is 1. The molecule has 0 unspecified atom stereocenters. The van der Waals surface area contributed by atoms with E-state index in [4.69, 9.17) is 14.2 Å². The van der Waals surface area contributed by atoms with E-state index < -0.39 is 0 Å². The summed E-state index contributed by atoms with van der Waals surface area (Å²) >= 11 is 0. The van der Waals surface area contributed by atoms with E-state index in [0.717, 1.165) is 55.7 Å². The van der Waals surface area contributed by atoms with Crippen LogP contribution in [-0.2, 0) is 11.3 Å². The Bertz CT molecular complexity index is 529. The SMILES string of the molecule is CN=C(NCCN(C)CCCOC)NCc1ccc(OC)c(OC)c1.I. The molecule has 0 radical (unpaired) electrons. The van der Waals surface area contributed by atoms with Gasteiger partial charge in [-0.2, -0.15) is 0 Å². The Kier molecular flexibility index (Phi) is 14.1. The number of methoxy groups -OCH3 is 3. The van der Waals surface area contributed by atoms with Gasteiger partial charge in [0, 0.05) is 46.9 Å². The van der Waals surface area contributed by atoms with Gasteiger partial charge in [-0.1, -0.05) is 6.07 Å². The zero-order valence-electron chi connectivity index (χ0n) is 16.5. The average molecular weight is 480 g/mol. The third-order valence-electron chi connectivity index (χ3n) is 3.81. The Morgan fingerprint density at radius 1 is 1.08 bits per heavy atom. The molecule has 1 aromatic carbocycles. The van der Waals surface area contributed by atoms with Crippen molar-refractivity contribution in [1.82, 2.24) is 15.5 Å². The monoisotopic (exact) mass is 480 g/mol. The van der Waals surface area contributed by atoms with Crippen LogP contribution in [0.5, 0.6) is 11.5 Å². The minimum absolute atomic E-state index is 0. The van der Waals surface area contributed by atoms with Crippen LogP contribution in [0.15, 0.2) is 23.2 Å². The molecule has 150 valence electrons. The highest BCUT2D eigenvalue weighted by Crippen LogP contribution is 2.27. The highest BCUT2D eigenvalue weighted by atomic mass is 127. The summed E-state index contributed by atoms with van der Waals surface area (Å²) in [5.74, 6) is 2.23. The number of hydrogen-bond donors (Lipinski definition) is 2. The number of nitrogens with one attached hydrogen (secondary N) is 2. The van der Waals surface area contributed by atoms with Gasteiger partial charge in [0.25, 0.3) is 0 Å². The van der Waals surface area contributed by atoms with Gasteiger partial charge in [-0.05, 0) is 31.2 Å². The van der Waals surface area contributed by atoms with Gasteiger partial charge < -0.3 is 29.7 Å². The molecule has 2 N–H and O–H groups in total. The first kappa shape index (κ1) is 24.7. The van der Waals surface area contributed by atoms with Crippen molar-refractivity contribution in [3.8, 4) is 11.5 Å². The van der Waals surface area contributed by atoms with Crippen molar-refractivity contribution < 1.29 is 14.2 Å². The average Bonchev–Trinajstić information content (AvgIpc) is 2.64. The maximum atomic E-state index is 5.33. The van der Waals surface area contributed by atoms with Crippen molar-refractivity contribution in [2.75, 3.05) is 61.7 Å². The fourth-order valence-electron chi connectivity index (χ4n) is 2.35. The summed E-state index contributed by atoms with van der Waals surface area (Å²) in [4.78, 5) is 6.52. The summed E-state index contributed by atoms with van der Waals surface area (Å²) in [7, 11) is 8.88. The largest absolute Gasteiger partial charge is 0.493 e. The first-order valence-electron chi connectivity index (χ1n) is 8.47. The van der Waals surface area contributed by atoms with Crippen LogP contribution >= 0.6 is 24.0 Å². The minimum Gasteiger partial charge on any atom is -0.493 e. The van der Waals surface area contributed by atoms with Crippen molar-refractivity contribution in [2.45, 2.75) is 13.0 Å². The highest BCUT2D eigenvalue weighted by Gasteiger charge is 2.05. The van der Waals surface area contributed by atoms with Crippen LogP contribution in [0, 0.1) is 0 Å². The molecule has 0 saturated heterocycles. The van der Waals surface area contributed by atoms with Gasteiger partial charge in [0.1, 0.15) is 0 Å². The number of nitrogens with zero attached hydrogens (tertiary/aromatic N) is 2. The molecule has 0 atom stereocenters. The van der Waals surface area contributed by atoms with Gasteiger partial charge in [0.15, 0.2) is 17.5 Å². The molecule has 1 aromatic rings. The van der Waals surface area contributed by atoms with Gasteiger partial charge in [-0.15, -0.1) is 24.0 Å². The zero-order chi connectivity index (χ0) is 18.5. The summed E-state index contributed by atoms with van der Waals surface area (Å²) in [6.45, 7) is 4.25. The second-order valence-corrected chi connectivity index (χ2v) is 5.69. The maximum Gasteiger partial charge on any atom is 0.191 e. The summed E-state index contributed by atoms with van der Waals surface area (Å²) in [5, 5.41) is 6.63. The van der Waals surface area contributed by atoms with Crippen molar-refractivity contribution in [1.29, 1.82) is 0 Å². The molecule has 0 aromatic heterocycles. The van der Waals surface area contributed by atoms with Gasteiger partial charge in [0.2, 0.25) is 0 Å². The first-order chi connectivity index (χ1) is 12.1. The van der Waals surface area contributed by atoms with Gasteiger partial charge >= 0.3 is 0 Å². The third-order valence-corrected chi connectivity index (χ3v) is 3.81. The Labute approximate surface area is 174 Å². The van der Waals surface area contributed by atoms with Crippen molar-refractivity contribution in [3.05, 3.63) is 23.8 Å². The number of rotatable bonds is 11. The van der Waals surface area contributed by atoms with Crippen LogP contribution in [0.2, 0.25) is 0 Å². The van der Waals surface area contributed by atoms with E-state index >= 15 is 0 Å². The van der Waals surface area contributed by atoms with E-state index in [1.807, 2.05) is 18.2 Å². The van der Waals surface area contributed by atoms with E-state index in [0.29, 0.717) is 6.54 Å². The van der Waals surface area contributed by atoms with Gasteiger partial charge in [-0.25, -0.2) is 0 Å². The van der Waals surface area contributed by atoms with Crippen molar-refractivity contribution in [2.24, 2.45) is 4.99 Å². The smallest absolute Gasteiger partial charge is 0.191 e. The molecule has 26 heavy (non-hydrogen) atoms. The van der Waals surface area contributed by atoms with Crippen LogP contribution in [0.3, 0.4) is 0 Å². The highest BCUT2D eigenvalue weighted by molar-refractivity contribution is 14.0. The molecule has 7 nitrogen and oxygen atoms in total. The van der Waals surface area contributed by atoms with Gasteiger partial charge in [0.05, 0.1) is 14.2 Å². The molecule has 0 spiro atoms. The lowest BCUT2D eigenvalue weighted by atomic mass is 10.2. The molecule has 0 aliphatic carbocycles. The summed E-state index contributed by atoms with van der Waals surface area (Å²) in [5.41, 5.74) is 1.09. The lowest BCUT2D eigenvalue weighted by Gasteiger charge is -2.18. The lowest BCUT2D eigenvalue weighted by molar-refractivity contribution is 0.180. The number of halogens is 1. The van der Waals surface area contributed by atoms with Crippen LogP contribution in [-0.4, -0.2) is 72.5 Å². The number of benzene rings is 1. The second kappa shape index (κ2) is 14.9. The molecule has 0 aliphatic heterocycles. The Balaban J connectivity index is 0.00000625. The van der Waals surface area contributed by atoms with Crippen LogP contribution in [0.25, 0.3) is 0 Å². The molecule has 0 heterocycles. The molecule has 0 amide bonds. The van der Waals surface area contributed by atoms with E-state index in [1.54, 1.807) is 28.4 Å². The molecule has 0 saturated carbocycles. The molecular weight excluding hydrogens is 447 g/mol. The Hall–Kier alpha value is -1.26. The predicted octanol–water partition coefficient (Wildman–Crippen LogP) is 1.96. The number of ether oxygens (including phenoxy) is 3. The van der Waals surface area contributed by atoms with Crippen molar-refractivity contribution >= 4 is 29.9 Å². The van der Waals surface area contributed by atoms with E-state index in [-0.39, 0.29) is 24.0 Å². The number of hydrogen-bond acceptors (Lipinski definition) is 5. The first-order valence-corrected chi connectivity index (χ1v) is 8.47.